The van der Waals surface area contributed by atoms with E-state index >= 15 is 0 Å². The number of hydrogen-bond donors (Lipinski definition) is 1. The van der Waals surface area contributed by atoms with E-state index in [1.54, 1.807) is 0 Å². The average molecular weight is 270 g/mol. The van der Waals surface area contributed by atoms with Gasteiger partial charge >= 0.3 is 0 Å². The van der Waals surface area contributed by atoms with Gasteiger partial charge in [-0.15, -0.1) is 0 Å². The third kappa shape index (κ3) is 4.79. The maximum atomic E-state index is 11.7. The fourth-order valence-electron chi connectivity index (χ4n) is 2.07. The highest BCUT2D eigenvalue weighted by Crippen LogP contribution is 2.33. The summed E-state index contributed by atoms with van der Waals surface area (Å²) in [7, 11) is 1.50. The lowest BCUT2D eigenvalue weighted by Gasteiger charge is -2.21. The Morgan fingerprint density at radius 1 is 1.17 bits per heavy atom. The van der Waals surface area contributed by atoms with E-state index in [0.29, 0.717) is 5.78 Å². The number of ketones is 1. The van der Waals surface area contributed by atoms with Crippen LogP contribution >= 0.6 is 11.6 Å². The summed E-state index contributed by atoms with van der Waals surface area (Å²) in [6.07, 6.45) is 3.86. The molecule has 1 aliphatic carbocycles. The SMILES string of the molecule is CC.CN.O=C1CCCC[C@@H]1c1ccccc1Cl. The maximum Gasteiger partial charge on any atom is 0.140 e. The summed E-state index contributed by atoms with van der Waals surface area (Å²) < 4.78 is 0. The predicted molar refractivity (Wildman–Crippen MR) is 79.1 cm³/mol. The molecule has 1 fully saturated rings. The Balaban J connectivity index is 0.000000659. The predicted octanol–water partition coefficient (Wildman–Crippen LogP) is 4.17. The Morgan fingerprint density at radius 2 is 1.78 bits per heavy atom. The third-order valence-corrected chi connectivity index (χ3v) is 3.18. The molecule has 0 amide bonds. The molecule has 0 unspecified atom stereocenters. The summed E-state index contributed by atoms with van der Waals surface area (Å²) in [5.41, 5.74) is 5.51. The van der Waals surface area contributed by atoms with Crippen molar-refractivity contribution in [2.75, 3.05) is 7.05 Å². The number of Topliss-reactive ketones (excluding diaryl/α,β-unsaturated/α-hetero) is 1. The van der Waals surface area contributed by atoms with Crippen LogP contribution < -0.4 is 5.73 Å². The molecule has 0 aliphatic heterocycles. The van der Waals surface area contributed by atoms with Gasteiger partial charge in [0.25, 0.3) is 0 Å². The second kappa shape index (κ2) is 10.1. The molecular formula is C15H24ClNO. The van der Waals surface area contributed by atoms with Crippen molar-refractivity contribution in [2.45, 2.75) is 45.4 Å². The Bertz CT molecular complexity index is 352. The zero-order chi connectivity index (χ0) is 14.0. The zero-order valence-corrected chi connectivity index (χ0v) is 12.3. The molecule has 3 heteroatoms. The minimum Gasteiger partial charge on any atom is -0.333 e. The second-order valence-corrected chi connectivity index (χ2v) is 4.19. The molecule has 2 rings (SSSR count). The minimum absolute atomic E-state index is 0.0532. The lowest BCUT2D eigenvalue weighted by Crippen LogP contribution is -2.17. The molecule has 0 radical (unpaired) electrons. The van der Waals surface area contributed by atoms with Crippen LogP contribution in [-0.4, -0.2) is 12.8 Å². The van der Waals surface area contributed by atoms with E-state index in [-0.39, 0.29) is 5.92 Å². The molecule has 0 spiro atoms. The lowest BCUT2D eigenvalue weighted by molar-refractivity contribution is -0.121. The fraction of sp³-hybridized carbons (Fsp3) is 0.533. The lowest BCUT2D eigenvalue weighted by atomic mass is 9.83. The number of benzene rings is 1. The highest BCUT2D eigenvalue weighted by molar-refractivity contribution is 6.31. The number of carbonyl (C=O) groups excluding carboxylic acids is 1. The van der Waals surface area contributed by atoms with Crippen LogP contribution in [-0.2, 0) is 4.79 Å². The molecule has 2 N–H and O–H groups in total. The van der Waals surface area contributed by atoms with Gasteiger partial charge in [0.05, 0.1) is 0 Å². The highest BCUT2D eigenvalue weighted by Gasteiger charge is 2.24. The summed E-state index contributed by atoms with van der Waals surface area (Å²) in [6.45, 7) is 4.00. The molecule has 1 atom stereocenters. The van der Waals surface area contributed by atoms with Crippen LogP contribution in [0.4, 0.5) is 0 Å². The quantitative estimate of drug-likeness (QED) is 0.832. The molecule has 1 saturated carbocycles. The number of carbonyl (C=O) groups is 1. The van der Waals surface area contributed by atoms with Crippen molar-refractivity contribution in [2.24, 2.45) is 5.73 Å². The van der Waals surface area contributed by atoms with Crippen molar-refractivity contribution < 1.29 is 4.79 Å². The van der Waals surface area contributed by atoms with E-state index in [4.69, 9.17) is 11.6 Å². The number of hydrogen-bond acceptors (Lipinski definition) is 2. The van der Waals surface area contributed by atoms with Gasteiger partial charge in [-0.2, -0.15) is 0 Å². The van der Waals surface area contributed by atoms with E-state index in [1.807, 2.05) is 38.1 Å². The van der Waals surface area contributed by atoms with Gasteiger partial charge in [0, 0.05) is 17.4 Å². The first-order chi connectivity index (χ1) is 8.79. The van der Waals surface area contributed by atoms with E-state index in [1.165, 1.54) is 7.05 Å². The number of rotatable bonds is 1. The first kappa shape index (κ1) is 17.1. The largest absolute Gasteiger partial charge is 0.333 e. The van der Waals surface area contributed by atoms with E-state index < -0.39 is 0 Å². The normalized spacial score (nSPS) is 18.1. The molecule has 0 bridgehead atoms. The Hall–Kier alpha value is -0.860. The Morgan fingerprint density at radius 3 is 2.33 bits per heavy atom. The molecule has 2 nitrogen and oxygen atoms in total. The van der Waals surface area contributed by atoms with Crippen molar-refractivity contribution >= 4 is 17.4 Å². The number of nitrogens with two attached hydrogens (primary N) is 1. The van der Waals surface area contributed by atoms with Crippen molar-refractivity contribution in [1.82, 2.24) is 0 Å². The maximum absolute atomic E-state index is 11.7. The van der Waals surface area contributed by atoms with Gasteiger partial charge in [-0.25, -0.2) is 0 Å². The van der Waals surface area contributed by atoms with Gasteiger partial charge in [-0.05, 0) is 31.5 Å². The van der Waals surface area contributed by atoms with Gasteiger partial charge in [-0.1, -0.05) is 50.1 Å². The summed E-state index contributed by atoms with van der Waals surface area (Å²) in [5.74, 6) is 0.404. The molecule has 1 aliphatic rings. The monoisotopic (exact) mass is 269 g/mol. The summed E-state index contributed by atoms with van der Waals surface area (Å²) in [5, 5.41) is 0.729. The summed E-state index contributed by atoms with van der Waals surface area (Å²) in [4.78, 5) is 11.7. The fourth-order valence-corrected chi connectivity index (χ4v) is 2.34. The summed E-state index contributed by atoms with van der Waals surface area (Å²) >= 11 is 6.07. The molecular weight excluding hydrogens is 246 g/mol. The highest BCUT2D eigenvalue weighted by atomic mass is 35.5. The molecule has 0 heterocycles. The van der Waals surface area contributed by atoms with Gasteiger partial charge in [0.1, 0.15) is 5.78 Å². The van der Waals surface area contributed by atoms with Crippen LogP contribution in [0.15, 0.2) is 24.3 Å². The molecule has 0 aromatic heterocycles. The molecule has 0 saturated heterocycles. The smallest absolute Gasteiger partial charge is 0.140 e. The first-order valence-corrected chi connectivity index (χ1v) is 7.01. The molecule has 18 heavy (non-hydrogen) atoms. The van der Waals surface area contributed by atoms with Gasteiger partial charge in [-0.3, -0.25) is 4.79 Å². The van der Waals surface area contributed by atoms with Crippen LogP contribution in [0.5, 0.6) is 0 Å². The molecule has 102 valence electrons. The van der Waals surface area contributed by atoms with Crippen molar-refractivity contribution in [3.8, 4) is 0 Å². The van der Waals surface area contributed by atoms with Crippen LogP contribution in [0.25, 0.3) is 0 Å². The van der Waals surface area contributed by atoms with Gasteiger partial charge in [0.2, 0.25) is 0 Å². The van der Waals surface area contributed by atoms with E-state index in [2.05, 4.69) is 5.73 Å². The van der Waals surface area contributed by atoms with Gasteiger partial charge < -0.3 is 5.73 Å². The zero-order valence-electron chi connectivity index (χ0n) is 11.6. The van der Waals surface area contributed by atoms with Crippen molar-refractivity contribution in [3.05, 3.63) is 34.9 Å². The second-order valence-electron chi connectivity index (χ2n) is 3.79. The van der Waals surface area contributed by atoms with Crippen LogP contribution in [0.3, 0.4) is 0 Å². The molecule has 1 aromatic carbocycles. The van der Waals surface area contributed by atoms with Crippen molar-refractivity contribution in [3.63, 3.8) is 0 Å². The topological polar surface area (TPSA) is 43.1 Å². The van der Waals surface area contributed by atoms with E-state index in [0.717, 1.165) is 36.3 Å². The third-order valence-electron chi connectivity index (χ3n) is 2.84. The van der Waals surface area contributed by atoms with Crippen LogP contribution in [0.1, 0.15) is 51.0 Å². The molecule has 1 aromatic rings. The van der Waals surface area contributed by atoms with Crippen molar-refractivity contribution in [1.29, 1.82) is 0 Å². The number of halogens is 1. The van der Waals surface area contributed by atoms with E-state index in [9.17, 15) is 4.79 Å². The average Bonchev–Trinajstić information content (AvgIpc) is 2.45. The minimum atomic E-state index is 0.0532. The summed E-state index contributed by atoms with van der Waals surface area (Å²) in [6, 6.07) is 7.68. The Labute approximate surface area is 116 Å². The van der Waals surface area contributed by atoms with Crippen LogP contribution in [0, 0.1) is 0 Å². The van der Waals surface area contributed by atoms with Crippen LogP contribution in [0.2, 0.25) is 5.02 Å². The Kier molecular flexibility index (Phi) is 9.62. The van der Waals surface area contributed by atoms with Gasteiger partial charge in [0.15, 0.2) is 0 Å². The standard InChI is InChI=1S/C12H13ClO.C2H6.CH5N/c13-11-7-3-1-5-9(11)10-6-2-4-8-12(10)14;2*1-2/h1,3,5,7,10H,2,4,6,8H2;1-2H3;2H2,1H3/t10-;;/m1../s1. The first-order valence-electron chi connectivity index (χ1n) is 6.64.